The van der Waals surface area contributed by atoms with Crippen molar-refractivity contribution >= 4 is 61.8 Å². The summed E-state index contributed by atoms with van der Waals surface area (Å²) in [7, 11) is -3.18. The molecule has 0 atom stereocenters. The van der Waals surface area contributed by atoms with Crippen molar-refractivity contribution in [2.45, 2.75) is 35.5 Å². The Kier molecular flexibility index (Phi) is 6.79. The number of amides is 1. The third kappa shape index (κ3) is 4.65. The van der Waals surface area contributed by atoms with Crippen LogP contribution >= 0.6 is 35.0 Å². The van der Waals surface area contributed by atoms with Crippen molar-refractivity contribution in [1.82, 2.24) is 9.29 Å². The van der Waals surface area contributed by atoms with Gasteiger partial charge in [-0.05, 0) is 61.6 Å². The van der Waals surface area contributed by atoms with Crippen LogP contribution in [0.2, 0.25) is 10.0 Å². The zero-order valence-corrected chi connectivity index (χ0v) is 20.5. The molecule has 1 aliphatic heterocycles. The van der Waals surface area contributed by atoms with Gasteiger partial charge in [-0.3, -0.25) is 4.79 Å². The minimum Gasteiger partial charge on any atom is -0.366 e. The number of primary amides is 1. The number of nitrogens with zero attached hydrogens (tertiary/aromatic N) is 1. The molecule has 0 saturated carbocycles. The predicted octanol–water partition coefficient (Wildman–Crippen LogP) is 5.25. The van der Waals surface area contributed by atoms with Crippen molar-refractivity contribution in [1.29, 1.82) is 0 Å². The van der Waals surface area contributed by atoms with Crippen molar-refractivity contribution < 1.29 is 13.2 Å². The molecule has 2 aromatic carbocycles. The number of fused-ring (bicyclic) bond motifs is 1. The van der Waals surface area contributed by atoms with E-state index in [9.17, 15) is 13.2 Å². The predicted molar refractivity (Wildman–Crippen MR) is 130 cm³/mol. The molecule has 32 heavy (non-hydrogen) atoms. The fourth-order valence-electron chi connectivity index (χ4n) is 4.13. The van der Waals surface area contributed by atoms with Gasteiger partial charge in [0, 0.05) is 39.5 Å². The number of benzene rings is 2. The molecule has 2 heterocycles. The third-order valence-electron chi connectivity index (χ3n) is 5.83. The normalized spacial score (nSPS) is 16.0. The van der Waals surface area contributed by atoms with E-state index in [0.29, 0.717) is 34.2 Å². The second-order valence-electron chi connectivity index (χ2n) is 7.75. The van der Waals surface area contributed by atoms with Crippen LogP contribution in [0.1, 0.15) is 41.6 Å². The SMILES string of the molecule is CCS(=O)(=O)N1CCC(c2c[nH]c3c(C(N)=O)cc(Sc4ccc(Cl)cc4Cl)cc23)CC1. The van der Waals surface area contributed by atoms with Crippen molar-refractivity contribution in [2.75, 3.05) is 18.8 Å². The van der Waals surface area contributed by atoms with Crippen molar-refractivity contribution in [3.8, 4) is 0 Å². The number of carbonyl (C=O) groups is 1. The Morgan fingerprint density at radius 3 is 2.56 bits per heavy atom. The number of aromatic nitrogens is 1. The number of aromatic amines is 1. The molecule has 0 unspecified atom stereocenters. The molecule has 10 heteroatoms. The molecule has 6 nitrogen and oxygen atoms in total. The summed E-state index contributed by atoms with van der Waals surface area (Å²) in [6, 6.07) is 9.07. The number of nitrogens with one attached hydrogen (secondary N) is 1. The van der Waals surface area contributed by atoms with E-state index in [2.05, 4.69) is 4.98 Å². The van der Waals surface area contributed by atoms with Gasteiger partial charge in [0.25, 0.3) is 5.91 Å². The van der Waals surface area contributed by atoms with Gasteiger partial charge in [-0.25, -0.2) is 12.7 Å². The fraction of sp³-hybridized carbons (Fsp3) is 0.318. The lowest BCUT2D eigenvalue weighted by Crippen LogP contribution is -2.38. The molecular formula is C22H23Cl2N3O3S2. The van der Waals surface area contributed by atoms with Gasteiger partial charge < -0.3 is 10.7 Å². The first kappa shape index (κ1) is 23.4. The van der Waals surface area contributed by atoms with Gasteiger partial charge in [0.05, 0.1) is 21.9 Å². The number of halogens is 2. The molecule has 0 radical (unpaired) electrons. The van der Waals surface area contributed by atoms with E-state index in [1.54, 1.807) is 29.4 Å². The molecule has 0 bridgehead atoms. The van der Waals surface area contributed by atoms with E-state index in [1.165, 1.54) is 11.8 Å². The van der Waals surface area contributed by atoms with Gasteiger partial charge in [0.15, 0.2) is 0 Å². The summed E-state index contributed by atoms with van der Waals surface area (Å²) >= 11 is 13.8. The second-order valence-corrected chi connectivity index (χ2v) is 12.0. The van der Waals surface area contributed by atoms with Crippen molar-refractivity contribution in [3.63, 3.8) is 0 Å². The summed E-state index contributed by atoms with van der Waals surface area (Å²) < 4.78 is 26.0. The molecule has 1 saturated heterocycles. The highest BCUT2D eigenvalue weighted by Gasteiger charge is 2.29. The second kappa shape index (κ2) is 9.27. The van der Waals surface area contributed by atoms with E-state index in [1.807, 2.05) is 18.3 Å². The van der Waals surface area contributed by atoms with Crippen molar-refractivity contribution in [2.24, 2.45) is 5.73 Å². The minimum atomic E-state index is -3.18. The van der Waals surface area contributed by atoms with E-state index in [4.69, 9.17) is 28.9 Å². The monoisotopic (exact) mass is 511 g/mol. The first-order valence-electron chi connectivity index (χ1n) is 10.2. The highest BCUT2D eigenvalue weighted by atomic mass is 35.5. The van der Waals surface area contributed by atoms with Crippen LogP contribution in [0.4, 0.5) is 0 Å². The van der Waals surface area contributed by atoms with Gasteiger partial charge >= 0.3 is 0 Å². The summed E-state index contributed by atoms with van der Waals surface area (Å²) in [5.41, 5.74) is 7.85. The molecule has 3 aromatic rings. The first-order chi connectivity index (χ1) is 15.2. The van der Waals surface area contributed by atoms with Crippen LogP contribution in [0.5, 0.6) is 0 Å². The van der Waals surface area contributed by atoms with Crippen LogP contribution in [0, 0.1) is 0 Å². The maximum absolute atomic E-state index is 12.2. The van der Waals surface area contributed by atoms with Crippen LogP contribution in [0.3, 0.4) is 0 Å². The van der Waals surface area contributed by atoms with E-state index >= 15 is 0 Å². The van der Waals surface area contributed by atoms with Gasteiger partial charge in [-0.2, -0.15) is 0 Å². The molecule has 170 valence electrons. The Morgan fingerprint density at radius 2 is 1.94 bits per heavy atom. The quantitative estimate of drug-likeness (QED) is 0.471. The smallest absolute Gasteiger partial charge is 0.250 e. The van der Waals surface area contributed by atoms with Crippen LogP contribution in [0.25, 0.3) is 10.9 Å². The van der Waals surface area contributed by atoms with Gasteiger partial charge in [0.2, 0.25) is 10.0 Å². The zero-order chi connectivity index (χ0) is 23.0. The van der Waals surface area contributed by atoms with E-state index in [0.717, 1.165) is 33.6 Å². The topological polar surface area (TPSA) is 96.3 Å². The highest BCUT2D eigenvalue weighted by molar-refractivity contribution is 7.99. The standard InChI is InChI=1S/C22H23Cl2N3O3S2/c1-2-32(29,30)27-7-5-13(6-8-27)18-12-26-21-16(18)10-15(11-17(21)22(25)28)31-20-4-3-14(23)9-19(20)24/h3-4,9-13,26H,2,5-8H2,1H3,(H2,25,28). The lowest BCUT2D eigenvalue weighted by atomic mass is 9.89. The summed E-state index contributed by atoms with van der Waals surface area (Å²) in [4.78, 5) is 17.0. The van der Waals surface area contributed by atoms with Gasteiger partial charge in [0.1, 0.15) is 0 Å². The number of sulfonamides is 1. The maximum Gasteiger partial charge on any atom is 0.250 e. The molecule has 0 spiro atoms. The Bertz CT molecular complexity index is 1280. The molecule has 1 fully saturated rings. The lowest BCUT2D eigenvalue weighted by molar-refractivity contribution is 0.100. The summed E-state index contributed by atoms with van der Waals surface area (Å²) in [5.74, 6) is -0.218. The fourth-order valence-corrected chi connectivity index (χ4v) is 6.69. The highest BCUT2D eigenvalue weighted by Crippen LogP contribution is 2.40. The molecule has 1 aliphatic rings. The van der Waals surface area contributed by atoms with E-state index in [-0.39, 0.29) is 11.7 Å². The maximum atomic E-state index is 12.2. The third-order valence-corrected chi connectivity index (χ3v) is 9.42. The summed E-state index contributed by atoms with van der Waals surface area (Å²) in [5, 5.41) is 2.00. The lowest BCUT2D eigenvalue weighted by Gasteiger charge is -2.31. The zero-order valence-electron chi connectivity index (χ0n) is 17.4. The number of hydrogen-bond acceptors (Lipinski definition) is 4. The van der Waals surface area contributed by atoms with Crippen molar-refractivity contribution in [3.05, 3.63) is 57.7 Å². The van der Waals surface area contributed by atoms with Crippen LogP contribution in [-0.4, -0.2) is 42.5 Å². The van der Waals surface area contributed by atoms with Gasteiger partial charge in [-0.1, -0.05) is 35.0 Å². The molecule has 1 aromatic heterocycles. The Balaban J connectivity index is 1.69. The average Bonchev–Trinajstić information content (AvgIpc) is 3.19. The number of H-pyrrole nitrogens is 1. The Hall–Kier alpha value is -1.71. The number of hydrogen-bond donors (Lipinski definition) is 2. The molecule has 3 N–H and O–H groups in total. The Labute approximate surface area is 201 Å². The number of piperidine rings is 1. The van der Waals surface area contributed by atoms with Crippen LogP contribution in [0.15, 0.2) is 46.3 Å². The number of rotatable bonds is 6. The average molecular weight is 512 g/mol. The summed E-state index contributed by atoms with van der Waals surface area (Å²) in [6.45, 7) is 2.65. The van der Waals surface area contributed by atoms with Gasteiger partial charge in [-0.15, -0.1) is 0 Å². The minimum absolute atomic E-state index is 0.112. The largest absolute Gasteiger partial charge is 0.366 e. The number of nitrogens with two attached hydrogens (primary N) is 1. The number of carbonyl (C=O) groups excluding carboxylic acids is 1. The van der Waals surface area contributed by atoms with Crippen LogP contribution < -0.4 is 5.73 Å². The molecule has 1 amide bonds. The first-order valence-corrected chi connectivity index (χ1v) is 13.4. The summed E-state index contributed by atoms with van der Waals surface area (Å²) in [6.07, 6.45) is 3.35. The Morgan fingerprint density at radius 1 is 1.22 bits per heavy atom. The molecule has 4 rings (SSSR count). The molecule has 0 aliphatic carbocycles. The van der Waals surface area contributed by atoms with Crippen LogP contribution in [-0.2, 0) is 10.0 Å². The molecular weight excluding hydrogens is 489 g/mol. The van der Waals surface area contributed by atoms with E-state index < -0.39 is 15.9 Å².